The quantitative estimate of drug-likeness (QED) is 0.759. The molecular weight excluding hydrogens is 300 g/mol. The molecule has 1 amide bonds. The molecule has 0 saturated carbocycles. The summed E-state index contributed by atoms with van der Waals surface area (Å²) in [6.07, 6.45) is 0. The van der Waals surface area contributed by atoms with Crippen molar-refractivity contribution >= 4 is 22.5 Å². The van der Waals surface area contributed by atoms with E-state index in [0.29, 0.717) is 11.1 Å². The van der Waals surface area contributed by atoms with Gasteiger partial charge in [-0.05, 0) is 32.9 Å². The molecule has 2 N–H and O–H groups in total. The smallest absolute Gasteiger partial charge is 0.268 e. The van der Waals surface area contributed by atoms with E-state index in [1.165, 1.54) is 0 Å². The first-order valence-electron chi connectivity index (χ1n) is 8.19. The third-order valence-electron chi connectivity index (χ3n) is 4.85. The van der Waals surface area contributed by atoms with Gasteiger partial charge in [-0.25, -0.2) is 0 Å². The van der Waals surface area contributed by atoms with Crippen LogP contribution in [0.2, 0.25) is 0 Å². The van der Waals surface area contributed by atoms with Crippen molar-refractivity contribution in [3.63, 3.8) is 0 Å². The molecule has 0 saturated heterocycles. The molecule has 2 heterocycles. The number of para-hydroxylation sites is 2. The normalized spacial score (nSPS) is 20.2. The van der Waals surface area contributed by atoms with Crippen LogP contribution < -0.4 is 4.90 Å². The van der Waals surface area contributed by atoms with E-state index >= 15 is 0 Å². The van der Waals surface area contributed by atoms with Crippen LogP contribution in [0, 0.1) is 6.92 Å². The molecule has 1 aromatic heterocycles. The number of fused-ring (bicyclic) bond motifs is 2. The summed E-state index contributed by atoms with van der Waals surface area (Å²) in [5.74, 6) is -0.286. The van der Waals surface area contributed by atoms with E-state index in [0.717, 1.165) is 22.3 Å². The van der Waals surface area contributed by atoms with Gasteiger partial charge >= 0.3 is 0 Å². The van der Waals surface area contributed by atoms with Gasteiger partial charge < -0.3 is 15.0 Å². The van der Waals surface area contributed by atoms with Crippen molar-refractivity contribution in [2.45, 2.75) is 32.4 Å². The van der Waals surface area contributed by atoms with Crippen molar-refractivity contribution in [3.8, 4) is 0 Å². The van der Waals surface area contributed by atoms with Gasteiger partial charge in [-0.1, -0.05) is 36.4 Å². The molecule has 1 aliphatic rings. The summed E-state index contributed by atoms with van der Waals surface area (Å²) in [7, 11) is 0. The number of H-pyrrole nitrogens is 1. The Morgan fingerprint density at radius 1 is 1.08 bits per heavy atom. The van der Waals surface area contributed by atoms with Crippen LogP contribution in [0.4, 0.5) is 5.69 Å². The van der Waals surface area contributed by atoms with Crippen molar-refractivity contribution in [2.75, 3.05) is 4.90 Å². The number of carbonyl (C=O) groups is 1. The zero-order chi connectivity index (χ0) is 17.1. The van der Waals surface area contributed by atoms with Crippen LogP contribution in [0.1, 0.15) is 30.7 Å². The SMILES string of the molecule is Cc1[nH]c2ccccc2c1[C@]1(O)C(=O)N(C(C)C)c2ccccc21. The van der Waals surface area contributed by atoms with Crippen molar-refractivity contribution in [3.05, 3.63) is 65.4 Å². The van der Waals surface area contributed by atoms with Crippen LogP contribution in [0.15, 0.2) is 48.5 Å². The number of aliphatic hydroxyl groups is 1. The van der Waals surface area contributed by atoms with E-state index in [2.05, 4.69) is 4.98 Å². The molecule has 4 rings (SSSR count). The minimum absolute atomic E-state index is 0.0295. The summed E-state index contributed by atoms with van der Waals surface area (Å²) >= 11 is 0. The highest BCUT2D eigenvalue weighted by Gasteiger charge is 2.53. The van der Waals surface area contributed by atoms with Crippen LogP contribution in [0.3, 0.4) is 0 Å². The van der Waals surface area contributed by atoms with Crippen LogP contribution in [0.25, 0.3) is 10.9 Å². The lowest BCUT2D eigenvalue weighted by molar-refractivity contribution is -0.132. The zero-order valence-corrected chi connectivity index (χ0v) is 14.0. The fourth-order valence-corrected chi connectivity index (χ4v) is 3.89. The van der Waals surface area contributed by atoms with Gasteiger partial charge in [0.25, 0.3) is 5.91 Å². The summed E-state index contributed by atoms with van der Waals surface area (Å²) < 4.78 is 0. The number of hydrogen-bond donors (Lipinski definition) is 2. The molecule has 2 aromatic carbocycles. The fourth-order valence-electron chi connectivity index (χ4n) is 3.89. The second-order valence-corrected chi connectivity index (χ2v) is 6.67. The first-order valence-corrected chi connectivity index (χ1v) is 8.19. The Balaban J connectivity index is 2.06. The molecule has 0 aliphatic carbocycles. The highest BCUT2D eigenvalue weighted by molar-refractivity contribution is 6.11. The summed E-state index contributed by atoms with van der Waals surface area (Å²) in [6.45, 7) is 5.83. The van der Waals surface area contributed by atoms with E-state index in [-0.39, 0.29) is 11.9 Å². The summed E-state index contributed by atoms with van der Waals surface area (Å²) in [6, 6.07) is 15.2. The van der Waals surface area contributed by atoms with Gasteiger partial charge in [0, 0.05) is 33.8 Å². The number of rotatable bonds is 2. The van der Waals surface area contributed by atoms with Gasteiger partial charge in [0.2, 0.25) is 0 Å². The number of benzene rings is 2. The number of hydrogen-bond acceptors (Lipinski definition) is 2. The first kappa shape index (κ1) is 15.0. The maximum atomic E-state index is 13.3. The molecule has 4 nitrogen and oxygen atoms in total. The molecule has 122 valence electrons. The topological polar surface area (TPSA) is 56.3 Å². The average molecular weight is 320 g/mol. The maximum Gasteiger partial charge on any atom is 0.268 e. The lowest BCUT2D eigenvalue weighted by Crippen LogP contribution is -2.44. The van der Waals surface area contributed by atoms with E-state index in [4.69, 9.17) is 0 Å². The number of aryl methyl sites for hydroxylation is 1. The molecule has 1 aliphatic heterocycles. The lowest BCUT2D eigenvalue weighted by atomic mass is 9.85. The fraction of sp³-hybridized carbons (Fsp3) is 0.250. The van der Waals surface area contributed by atoms with Crippen LogP contribution in [-0.4, -0.2) is 22.0 Å². The van der Waals surface area contributed by atoms with Gasteiger partial charge in [-0.3, -0.25) is 4.79 Å². The predicted octanol–water partition coefficient (Wildman–Crippen LogP) is 3.47. The van der Waals surface area contributed by atoms with Gasteiger partial charge in [-0.2, -0.15) is 0 Å². The first-order chi connectivity index (χ1) is 11.5. The van der Waals surface area contributed by atoms with E-state index < -0.39 is 5.60 Å². The molecule has 0 bridgehead atoms. The predicted molar refractivity (Wildman–Crippen MR) is 95.1 cm³/mol. The van der Waals surface area contributed by atoms with Crippen molar-refractivity contribution in [2.24, 2.45) is 0 Å². The Morgan fingerprint density at radius 2 is 1.75 bits per heavy atom. The Morgan fingerprint density at radius 3 is 2.50 bits per heavy atom. The van der Waals surface area contributed by atoms with E-state index in [1.807, 2.05) is 69.3 Å². The molecule has 24 heavy (non-hydrogen) atoms. The van der Waals surface area contributed by atoms with Crippen molar-refractivity contribution in [1.82, 2.24) is 4.98 Å². The summed E-state index contributed by atoms with van der Waals surface area (Å²) in [4.78, 5) is 18.3. The number of anilines is 1. The number of nitrogens with one attached hydrogen (secondary N) is 1. The van der Waals surface area contributed by atoms with Crippen molar-refractivity contribution < 1.29 is 9.90 Å². The molecule has 1 atom stereocenters. The minimum Gasteiger partial charge on any atom is -0.372 e. The van der Waals surface area contributed by atoms with E-state index in [9.17, 15) is 9.90 Å². The monoisotopic (exact) mass is 320 g/mol. The van der Waals surface area contributed by atoms with Crippen LogP contribution in [-0.2, 0) is 10.4 Å². The Kier molecular flexibility index (Phi) is 3.09. The molecule has 4 heteroatoms. The zero-order valence-electron chi connectivity index (χ0n) is 14.0. The number of carbonyl (C=O) groups excluding carboxylic acids is 1. The number of amides is 1. The summed E-state index contributed by atoms with van der Waals surface area (Å²) in [5.41, 5.74) is 2.16. The minimum atomic E-state index is -1.66. The maximum absolute atomic E-state index is 13.3. The number of nitrogens with zero attached hydrogens (tertiary/aromatic N) is 1. The van der Waals surface area contributed by atoms with Gasteiger partial charge in [0.05, 0.1) is 5.69 Å². The molecule has 0 unspecified atom stereocenters. The highest BCUT2D eigenvalue weighted by Crippen LogP contribution is 2.47. The van der Waals surface area contributed by atoms with E-state index in [1.54, 1.807) is 4.90 Å². The van der Waals surface area contributed by atoms with Gasteiger partial charge in [0.1, 0.15) is 0 Å². The lowest BCUT2D eigenvalue weighted by Gasteiger charge is -2.26. The average Bonchev–Trinajstić information content (AvgIpc) is 3.00. The molecular formula is C20H20N2O2. The molecule has 0 radical (unpaired) electrons. The third-order valence-corrected chi connectivity index (χ3v) is 4.85. The largest absolute Gasteiger partial charge is 0.372 e. The Hall–Kier alpha value is -2.59. The Bertz CT molecular complexity index is 957. The van der Waals surface area contributed by atoms with Crippen LogP contribution in [0.5, 0.6) is 0 Å². The highest BCUT2D eigenvalue weighted by atomic mass is 16.3. The van der Waals surface area contributed by atoms with Gasteiger partial charge in [-0.15, -0.1) is 0 Å². The summed E-state index contributed by atoms with van der Waals surface area (Å²) in [5, 5.41) is 12.5. The Labute approximate surface area is 140 Å². The van der Waals surface area contributed by atoms with Crippen molar-refractivity contribution in [1.29, 1.82) is 0 Å². The second-order valence-electron chi connectivity index (χ2n) is 6.67. The number of aromatic nitrogens is 1. The molecule has 0 fully saturated rings. The second kappa shape index (κ2) is 4.95. The van der Waals surface area contributed by atoms with Gasteiger partial charge in [0.15, 0.2) is 5.60 Å². The third kappa shape index (κ3) is 1.74. The standard InChI is InChI=1S/C20H20N2O2/c1-12(2)22-17-11-7-5-9-15(17)20(24,19(22)23)18-13(3)21-16-10-6-4-8-14(16)18/h4-12,21,24H,1-3H3/t20-/m0/s1. The number of aromatic amines is 1. The molecule has 3 aromatic rings. The molecule has 0 spiro atoms. The van der Waals surface area contributed by atoms with Crippen LogP contribution >= 0.6 is 0 Å².